The second-order valence-electron chi connectivity index (χ2n) is 3.91. The highest BCUT2D eigenvalue weighted by molar-refractivity contribution is 6.29. The fourth-order valence-electron chi connectivity index (χ4n) is 1.60. The van der Waals surface area contributed by atoms with Gasteiger partial charge in [-0.05, 0) is 11.6 Å². The number of carboxylic acid groups (broad SMARTS) is 1. The number of nitrogens with zero attached hydrogens (tertiary/aromatic N) is 2. The number of carbonyl (C=O) groups is 2. The van der Waals surface area contributed by atoms with Crippen molar-refractivity contribution in [2.45, 2.75) is 6.42 Å². The van der Waals surface area contributed by atoms with E-state index in [1.807, 2.05) is 0 Å². The molecule has 2 N–H and O–H groups in total. The van der Waals surface area contributed by atoms with Crippen LogP contribution in [0, 0.1) is 0 Å². The van der Waals surface area contributed by atoms with E-state index in [-0.39, 0.29) is 17.3 Å². The average molecular weight is 292 g/mol. The van der Waals surface area contributed by atoms with Gasteiger partial charge in [0.2, 0.25) is 0 Å². The maximum absolute atomic E-state index is 12.0. The topological polar surface area (TPSA) is 92.2 Å². The molecule has 0 spiro atoms. The van der Waals surface area contributed by atoms with Gasteiger partial charge < -0.3 is 10.4 Å². The first-order valence-electron chi connectivity index (χ1n) is 5.65. The summed E-state index contributed by atoms with van der Waals surface area (Å²) in [6.45, 7) is 0. The fourth-order valence-corrected chi connectivity index (χ4v) is 1.74. The van der Waals surface area contributed by atoms with E-state index >= 15 is 0 Å². The molecule has 0 aliphatic heterocycles. The number of rotatable bonds is 4. The summed E-state index contributed by atoms with van der Waals surface area (Å²) in [4.78, 5) is 30.4. The maximum Gasteiger partial charge on any atom is 0.307 e. The molecule has 7 heteroatoms. The van der Waals surface area contributed by atoms with Gasteiger partial charge in [0.05, 0.1) is 18.8 Å². The molecule has 0 fully saturated rings. The van der Waals surface area contributed by atoms with E-state index in [0.29, 0.717) is 11.3 Å². The van der Waals surface area contributed by atoms with Crippen molar-refractivity contribution in [1.29, 1.82) is 0 Å². The van der Waals surface area contributed by atoms with Gasteiger partial charge in [0.25, 0.3) is 5.91 Å². The quantitative estimate of drug-likeness (QED) is 0.899. The summed E-state index contributed by atoms with van der Waals surface area (Å²) in [5.74, 6) is -1.48. The summed E-state index contributed by atoms with van der Waals surface area (Å²) in [6.07, 6.45) is 2.41. The molecular weight excluding hydrogens is 282 g/mol. The Morgan fingerprint density at radius 1 is 1.25 bits per heavy atom. The van der Waals surface area contributed by atoms with E-state index in [1.165, 1.54) is 12.4 Å². The molecule has 1 aromatic heterocycles. The van der Waals surface area contributed by atoms with Crippen molar-refractivity contribution in [2.24, 2.45) is 0 Å². The van der Waals surface area contributed by atoms with Gasteiger partial charge >= 0.3 is 5.97 Å². The molecule has 2 rings (SSSR count). The third-order valence-corrected chi connectivity index (χ3v) is 2.63. The van der Waals surface area contributed by atoms with Gasteiger partial charge in [-0.2, -0.15) is 0 Å². The molecule has 1 heterocycles. The lowest BCUT2D eigenvalue weighted by atomic mass is 10.1. The Hall–Kier alpha value is -2.47. The van der Waals surface area contributed by atoms with E-state index in [1.54, 1.807) is 24.3 Å². The van der Waals surface area contributed by atoms with Crippen LogP contribution < -0.4 is 5.32 Å². The molecule has 0 saturated heterocycles. The van der Waals surface area contributed by atoms with Crippen molar-refractivity contribution in [1.82, 2.24) is 9.97 Å². The second kappa shape index (κ2) is 6.12. The van der Waals surface area contributed by atoms with Crippen LogP contribution in [0.4, 0.5) is 5.69 Å². The predicted molar refractivity (Wildman–Crippen MR) is 72.8 cm³/mol. The highest BCUT2D eigenvalue weighted by atomic mass is 35.5. The standard InChI is InChI=1S/C13H10ClN3O3/c14-11-7-15-6-10(16-11)13(20)17-9-4-2-1-3-8(9)5-12(18)19/h1-4,6-7H,5H2,(H,17,20)(H,18,19). The summed E-state index contributed by atoms with van der Waals surface area (Å²) in [5, 5.41) is 11.5. The average Bonchev–Trinajstić information content (AvgIpc) is 2.40. The van der Waals surface area contributed by atoms with Crippen LogP contribution in [-0.2, 0) is 11.2 Å². The molecule has 1 aromatic carbocycles. The molecular formula is C13H10ClN3O3. The minimum Gasteiger partial charge on any atom is -0.481 e. The highest BCUT2D eigenvalue weighted by Crippen LogP contribution is 2.16. The summed E-state index contributed by atoms with van der Waals surface area (Å²) in [6, 6.07) is 6.65. The number of nitrogens with one attached hydrogen (secondary N) is 1. The molecule has 20 heavy (non-hydrogen) atoms. The Morgan fingerprint density at radius 3 is 2.70 bits per heavy atom. The number of hydrogen-bond acceptors (Lipinski definition) is 4. The fraction of sp³-hybridized carbons (Fsp3) is 0.0769. The Balaban J connectivity index is 2.21. The van der Waals surface area contributed by atoms with Crippen LogP contribution in [0.3, 0.4) is 0 Å². The Bertz CT molecular complexity index is 661. The zero-order valence-electron chi connectivity index (χ0n) is 10.2. The predicted octanol–water partition coefficient (Wildman–Crippen LogP) is 2.01. The third kappa shape index (κ3) is 3.52. The van der Waals surface area contributed by atoms with Crippen molar-refractivity contribution < 1.29 is 14.7 Å². The van der Waals surface area contributed by atoms with Crippen LogP contribution in [0.1, 0.15) is 16.1 Å². The summed E-state index contributed by atoms with van der Waals surface area (Å²) in [7, 11) is 0. The van der Waals surface area contributed by atoms with Crippen molar-refractivity contribution >= 4 is 29.2 Å². The summed E-state index contributed by atoms with van der Waals surface area (Å²) in [5.41, 5.74) is 0.979. The summed E-state index contributed by atoms with van der Waals surface area (Å²) >= 11 is 5.66. The number of carboxylic acids is 1. The van der Waals surface area contributed by atoms with Crippen LogP contribution in [0.15, 0.2) is 36.7 Å². The molecule has 0 aliphatic carbocycles. The van der Waals surface area contributed by atoms with Crippen molar-refractivity contribution in [3.8, 4) is 0 Å². The number of para-hydroxylation sites is 1. The third-order valence-electron chi connectivity index (χ3n) is 2.45. The van der Waals surface area contributed by atoms with Crippen LogP contribution >= 0.6 is 11.6 Å². The van der Waals surface area contributed by atoms with Gasteiger partial charge in [-0.25, -0.2) is 4.98 Å². The number of benzene rings is 1. The number of aromatic nitrogens is 2. The number of hydrogen-bond donors (Lipinski definition) is 2. The van der Waals surface area contributed by atoms with Gasteiger partial charge in [0, 0.05) is 5.69 Å². The normalized spacial score (nSPS) is 10.1. The lowest BCUT2D eigenvalue weighted by Gasteiger charge is -2.09. The van der Waals surface area contributed by atoms with E-state index in [4.69, 9.17) is 16.7 Å². The smallest absolute Gasteiger partial charge is 0.307 e. The van der Waals surface area contributed by atoms with Gasteiger partial charge in [-0.3, -0.25) is 14.6 Å². The zero-order chi connectivity index (χ0) is 14.5. The monoisotopic (exact) mass is 291 g/mol. The Labute approximate surface area is 119 Å². The molecule has 0 atom stereocenters. The second-order valence-corrected chi connectivity index (χ2v) is 4.30. The molecule has 2 aromatic rings. The van der Waals surface area contributed by atoms with Gasteiger partial charge in [0.15, 0.2) is 0 Å². The Morgan fingerprint density at radius 2 is 2.00 bits per heavy atom. The molecule has 6 nitrogen and oxygen atoms in total. The van der Waals surface area contributed by atoms with Crippen molar-refractivity contribution in [3.63, 3.8) is 0 Å². The van der Waals surface area contributed by atoms with E-state index in [2.05, 4.69) is 15.3 Å². The van der Waals surface area contributed by atoms with E-state index < -0.39 is 11.9 Å². The van der Waals surface area contributed by atoms with Crippen molar-refractivity contribution in [3.05, 3.63) is 53.1 Å². The van der Waals surface area contributed by atoms with Crippen LogP contribution in [0.25, 0.3) is 0 Å². The molecule has 0 aliphatic rings. The minimum atomic E-state index is -0.978. The largest absolute Gasteiger partial charge is 0.481 e. The lowest BCUT2D eigenvalue weighted by Crippen LogP contribution is -2.16. The zero-order valence-corrected chi connectivity index (χ0v) is 11.0. The van der Waals surface area contributed by atoms with E-state index in [0.717, 1.165) is 0 Å². The number of amides is 1. The maximum atomic E-state index is 12.0. The Kier molecular flexibility index (Phi) is 4.27. The number of carbonyl (C=O) groups excluding carboxylic acids is 1. The highest BCUT2D eigenvalue weighted by Gasteiger charge is 2.12. The molecule has 0 unspecified atom stereocenters. The van der Waals surface area contributed by atoms with Crippen LogP contribution in [-0.4, -0.2) is 27.0 Å². The van der Waals surface area contributed by atoms with E-state index in [9.17, 15) is 9.59 Å². The first-order valence-corrected chi connectivity index (χ1v) is 6.02. The number of anilines is 1. The van der Waals surface area contributed by atoms with Gasteiger partial charge in [0.1, 0.15) is 10.8 Å². The molecule has 0 saturated carbocycles. The first-order chi connectivity index (χ1) is 9.56. The molecule has 102 valence electrons. The molecule has 0 bridgehead atoms. The first kappa shape index (κ1) is 14.0. The molecule has 0 radical (unpaired) electrons. The van der Waals surface area contributed by atoms with Gasteiger partial charge in [-0.1, -0.05) is 29.8 Å². The van der Waals surface area contributed by atoms with Crippen LogP contribution in [0.2, 0.25) is 5.15 Å². The SMILES string of the molecule is O=C(O)Cc1ccccc1NC(=O)c1cncc(Cl)n1. The molecule has 1 amide bonds. The lowest BCUT2D eigenvalue weighted by molar-refractivity contribution is -0.136. The van der Waals surface area contributed by atoms with Crippen LogP contribution in [0.5, 0.6) is 0 Å². The number of aliphatic carboxylic acids is 1. The number of halogens is 1. The minimum absolute atomic E-state index is 0.0580. The van der Waals surface area contributed by atoms with Gasteiger partial charge in [-0.15, -0.1) is 0 Å². The van der Waals surface area contributed by atoms with Crippen molar-refractivity contribution in [2.75, 3.05) is 5.32 Å². The summed E-state index contributed by atoms with van der Waals surface area (Å²) < 4.78 is 0.